The van der Waals surface area contributed by atoms with Gasteiger partial charge in [-0.15, -0.1) is 0 Å². The van der Waals surface area contributed by atoms with E-state index in [-0.39, 0.29) is 23.5 Å². The molecule has 6 heteroatoms. The molecule has 0 aliphatic carbocycles. The van der Waals surface area contributed by atoms with Crippen molar-refractivity contribution in [3.8, 4) is 0 Å². The van der Waals surface area contributed by atoms with Crippen molar-refractivity contribution in [1.29, 1.82) is 0 Å². The predicted molar refractivity (Wildman–Crippen MR) is 95.1 cm³/mol. The third-order valence-electron chi connectivity index (χ3n) is 3.61. The molecule has 1 atom stereocenters. The quantitative estimate of drug-likeness (QED) is 0.923. The second-order valence-electron chi connectivity index (χ2n) is 5.50. The van der Waals surface area contributed by atoms with E-state index in [9.17, 15) is 14.4 Å². The lowest BCUT2D eigenvalue weighted by Crippen LogP contribution is -2.32. The van der Waals surface area contributed by atoms with Crippen LogP contribution < -0.4 is 10.2 Å². The fourth-order valence-corrected chi connectivity index (χ4v) is 3.49. The molecule has 0 radical (unpaired) electrons. The number of imide groups is 1. The van der Waals surface area contributed by atoms with Crippen LogP contribution in [0.1, 0.15) is 12.0 Å². The van der Waals surface area contributed by atoms with E-state index in [1.165, 1.54) is 0 Å². The summed E-state index contributed by atoms with van der Waals surface area (Å²) in [5, 5.41) is 1.73. The minimum atomic E-state index is -0.692. The van der Waals surface area contributed by atoms with Crippen molar-refractivity contribution >= 4 is 40.2 Å². The molecule has 1 fully saturated rings. The zero-order chi connectivity index (χ0) is 17.1. The monoisotopic (exact) mass is 340 g/mol. The second-order valence-corrected chi connectivity index (χ2v) is 6.66. The van der Waals surface area contributed by atoms with Gasteiger partial charge in [-0.25, -0.2) is 4.90 Å². The number of hydrogen-bond donors (Lipinski definition) is 1. The molecule has 2 aromatic carbocycles. The van der Waals surface area contributed by atoms with Crippen LogP contribution in [0.4, 0.5) is 16.2 Å². The molecule has 24 heavy (non-hydrogen) atoms. The minimum Gasteiger partial charge on any atom is -0.326 e. The van der Waals surface area contributed by atoms with Crippen LogP contribution in [0.15, 0.2) is 54.6 Å². The number of nitrogens with zero attached hydrogens (tertiary/aromatic N) is 1. The van der Waals surface area contributed by atoms with Gasteiger partial charge >= 0.3 is 0 Å². The maximum atomic E-state index is 12.5. The first-order valence-corrected chi connectivity index (χ1v) is 8.39. The third-order valence-corrected chi connectivity index (χ3v) is 4.65. The van der Waals surface area contributed by atoms with E-state index in [2.05, 4.69) is 5.32 Å². The standard InChI is InChI=1S/C18H16N2O3S/c1-12-6-5-7-13(10-12)19-16(21)11-15-17(22)20(18(23)24-15)14-8-3-2-4-9-14/h2-10,15H,11H2,1H3,(H,19,21)/t15-/m0/s1. The molecule has 122 valence electrons. The molecule has 1 aliphatic rings. The lowest BCUT2D eigenvalue weighted by molar-refractivity contribution is -0.121. The predicted octanol–water partition coefficient (Wildman–Crippen LogP) is 3.59. The number of rotatable bonds is 4. The molecule has 0 saturated carbocycles. The average molecular weight is 340 g/mol. The summed E-state index contributed by atoms with van der Waals surface area (Å²) in [6.45, 7) is 1.93. The molecule has 1 N–H and O–H groups in total. The van der Waals surface area contributed by atoms with E-state index in [0.29, 0.717) is 11.4 Å². The van der Waals surface area contributed by atoms with Gasteiger partial charge in [-0.3, -0.25) is 14.4 Å². The average Bonchev–Trinajstić information content (AvgIpc) is 2.82. The molecular formula is C18H16N2O3S. The van der Waals surface area contributed by atoms with Gasteiger partial charge in [-0.1, -0.05) is 30.3 Å². The van der Waals surface area contributed by atoms with E-state index in [1.54, 1.807) is 30.3 Å². The van der Waals surface area contributed by atoms with Crippen LogP contribution in [-0.2, 0) is 9.59 Å². The maximum absolute atomic E-state index is 12.5. The van der Waals surface area contributed by atoms with E-state index in [1.807, 2.05) is 31.2 Å². The maximum Gasteiger partial charge on any atom is 0.293 e. The Morgan fingerprint density at radius 3 is 2.58 bits per heavy atom. The van der Waals surface area contributed by atoms with Gasteiger partial charge in [0.2, 0.25) is 11.8 Å². The number of carbonyl (C=O) groups excluding carboxylic acids is 3. The molecule has 3 rings (SSSR count). The van der Waals surface area contributed by atoms with Gasteiger partial charge in [0.15, 0.2) is 0 Å². The number of para-hydroxylation sites is 1. The Morgan fingerprint density at radius 1 is 1.12 bits per heavy atom. The van der Waals surface area contributed by atoms with Gasteiger partial charge in [-0.2, -0.15) is 0 Å². The summed E-state index contributed by atoms with van der Waals surface area (Å²) in [5.74, 6) is -0.634. The topological polar surface area (TPSA) is 66.5 Å². The number of thioether (sulfide) groups is 1. The van der Waals surface area contributed by atoms with Gasteiger partial charge in [0.25, 0.3) is 5.24 Å². The Bertz CT molecular complexity index is 792. The first kappa shape index (κ1) is 16.3. The summed E-state index contributed by atoms with van der Waals surface area (Å²) in [5.41, 5.74) is 2.24. The number of anilines is 2. The second kappa shape index (κ2) is 6.88. The summed E-state index contributed by atoms with van der Waals surface area (Å²) >= 11 is 0.895. The van der Waals surface area contributed by atoms with Crippen LogP contribution in [0.25, 0.3) is 0 Å². The van der Waals surface area contributed by atoms with Crippen LogP contribution in [-0.4, -0.2) is 22.3 Å². The fraction of sp³-hybridized carbons (Fsp3) is 0.167. The highest BCUT2D eigenvalue weighted by Gasteiger charge is 2.41. The van der Waals surface area contributed by atoms with E-state index in [0.717, 1.165) is 22.2 Å². The van der Waals surface area contributed by atoms with Crippen LogP contribution in [0.5, 0.6) is 0 Å². The van der Waals surface area contributed by atoms with Crippen molar-refractivity contribution in [3.05, 3.63) is 60.2 Å². The normalized spacial score (nSPS) is 17.2. The number of nitrogens with one attached hydrogen (secondary N) is 1. The number of hydrogen-bond acceptors (Lipinski definition) is 4. The van der Waals surface area contributed by atoms with Crippen LogP contribution >= 0.6 is 11.8 Å². The largest absolute Gasteiger partial charge is 0.326 e. The number of benzene rings is 2. The minimum absolute atomic E-state index is 0.0352. The summed E-state index contributed by atoms with van der Waals surface area (Å²) in [7, 11) is 0. The number of carbonyl (C=O) groups is 3. The summed E-state index contributed by atoms with van der Waals surface area (Å²) in [6.07, 6.45) is -0.0352. The Morgan fingerprint density at radius 2 is 1.88 bits per heavy atom. The highest BCUT2D eigenvalue weighted by Crippen LogP contribution is 2.33. The summed E-state index contributed by atoms with van der Waals surface area (Å²) in [6, 6.07) is 16.2. The molecule has 0 bridgehead atoms. The van der Waals surface area contributed by atoms with Crippen molar-refractivity contribution in [2.45, 2.75) is 18.6 Å². The first-order valence-electron chi connectivity index (χ1n) is 7.51. The van der Waals surface area contributed by atoms with Crippen molar-refractivity contribution < 1.29 is 14.4 Å². The molecule has 3 amide bonds. The highest BCUT2D eigenvalue weighted by atomic mass is 32.2. The molecule has 1 heterocycles. The van der Waals surface area contributed by atoms with Crippen molar-refractivity contribution in [3.63, 3.8) is 0 Å². The van der Waals surface area contributed by atoms with Gasteiger partial charge in [-0.05, 0) is 48.5 Å². The molecule has 0 spiro atoms. The Kier molecular flexibility index (Phi) is 4.66. The molecule has 5 nitrogen and oxygen atoms in total. The highest BCUT2D eigenvalue weighted by molar-refractivity contribution is 8.15. The Labute approximate surface area is 144 Å². The molecule has 0 aromatic heterocycles. The first-order chi connectivity index (χ1) is 11.5. The van der Waals surface area contributed by atoms with Gasteiger partial charge in [0.1, 0.15) is 5.25 Å². The van der Waals surface area contributed by atoms with Gasteiger partial charge < -0.3 is 5.32 Å². The Hall–Kier alpha value is -2.60. The lowest BCUT2D eigenvalue weighted by Gasteiger charge is -2.13. The molecule has 1 aliphatic heterocycles. The van der Waals surface area contributed by atoms with Crippen molar-refractivity contribution in [1.82, 2.24) is 0 Å². The van der Waals surface area contributed by atoms with Crippen LogP contribution in [0, 0.1) is 6.92 Å². The van der Waals surface area contributed by atoms with Gasteiger partial charge in [0, 0.05) is 12.1 Å². The smallest absolute Gasteiger partial charge is 0.293 e. The van der Waals surface area contributed by atoms with Crippen LogP contribution in [0.3, 0.4) is 0 Å². The van der Waals surface area contributed by atoms with Crippen molar-refractivity contribution in [2.75, 3.05) is 10.2 Å². The third kappa shape index (κ3) is 3.49. The Balaban J connectivity index is 1.67. The van der Waals surface area contributed by atoms with E-state index in [4.69, 9.17) is 0 Å². The number of aryl methyl sites for hydroxylation is 1. The summed E-state index contributed by atoms with van der Waals surface area (Å²) in [4.78, 5) is 37.9. The van der Waals surface area contributed by atoms with Gasteiger partial charge in [0.05, 0.1) is 5.69 Å². The molecule has 0 unspecified atom stereocenters. The lowest BCUT2D eigenvalue weighted by atomic mass is 10.2. The molecular weight excluding hydrogens is 324 g/mol. The molecule has 1 saturated heterocycles. The van der Waals surface area contributed by atoms with E-state index >= 15 is 0 Å². The van der Waals surface area contributed by atoms with Crippen LogP contribution in [0.2, 0.25) is 0 Å². The zero-order valence-electron chi connectivity index (χ0n) is 13.1. The number of amides is 3. The SMILES string of the molecule is Cc1cccc(NC(=O)C[C@@H]2SC(=O)N(c3ccccc3)C2=O)c1. The fourth-order valence-electron chi connectivity index (χ4n) is 2.50. The molecule has 2 aromatic rings. The van der Waals surface area contributed by atoms with Crippen molar-refractivity contribution in [2.24, 2.45) is 0 Å². The van der Waals surface area contributed by atoms with E-state index < -0.39 is 5.25 Å². The summed E-state index contributed by atoms with van der Waals surface area (Å²) < 4.78 is 0. The zero-order valence-corrected chi connectivity index (χ0v) is 13.9.